The number of amidine groups is 1. The lowest BCUT2D eigenvalue weighted by Gasteiger charge is -2.29. The number of likely N-dealkylation sites (tertiary alicyclic amines) is 1. The fourth-order valence-corrected chi connectivity index (χ4v) is 5.90. The van der Waals surface area contributed by atoms with E-state index in [-0.39, 0.29) is 29.5 Å². The molecule has 1 spiro atoms. The van der Waals surface area contributed by atoms with Gasteiger partial charge >= 0.3 is 0 Å². The third-order valence-electron chi connectivity index (χ3n) is 8.15. The minimum Gasteiger partial charge on any atom is -0.330 e. The molecule has 1 saturated heterocycles. The Bertz CT molecular complexity index is 879. The number of halogens is 1. The van der Waals surface area contributed by atoms with Crippen LogP contribution in [0.15, 0.2) is 17.3 Å². The maximum Gasteiger partial charge on any atom is 0.248 e. The molecule has 174 valence electrons. The Morgan fingerprint density at radius 3 is 2.69 bits per heavy atom. The third kappa shape index (κ3) is 3.95. The molecule has 3 aliphatic carbocycles. The second-order valence-corrected chi connectivity index (χ2v) is 10.5. The summed E-state index contributed by atoms with van der Waals surface area (Å²) in [6.07, 6.45) is 10.8. The van der Waals surface area contributed by atoms with Crippen molar-refractivity contribution in [2.24, 2.45) is 28.2 Å². The maximum atomic E-state index is 14.9. The van der Waals surface area contributed by atoms with Gasteiger partial charge in [0.15, 0.2) is 5.67 Å². The van der Waals surface area contributed by atoms with Crippen LogP contribution >= 0.6 is 0 Å². The maximum absolute atomic E-state index is 14.9. The van der Waals surface area contributed by atoms with Crippen molar-refractivity contribution in [3.05, 3.63) is 12.3 Å². The normalized spacial score (nSPS) is 32.9. The van der Waals surface area contributed by atoms with Gasteiger partial charge in [-0.1, -0.05) is 31.8 Å². The van der Waals surface area contributed by atoms with Crippen LogP contribution in [0.5, 0.6) is 0 Å². The monoisotopic (exact) mass is 446 g/mol. The van der Waals surface area contributed by atoms with Crippen LogP contribution in [-0.2, 0) is 14.4 Å². The zero-order chi connectivity index (χ0) is 22.5. The largest absolute Gasteiger partial charge is 0.330 e. The highest BCUT2D eigenvalue weighted by molar-refractivity contribution is 6.07. The van der Waals surface area contributed by atoms with Crippen molar-refractivity contribution in [2.75, 3.05) is 6.54 Å². The van der Waals surface area contributed by atoms with Crippen LogP contribution in [0.25, 0.3) is 0 Å². The number of nitrogens with zero attached hydrogens (tertiary/aromatic N) is 2. The lowest BCUT2D eigenvalue weighted by molar-refractivity contribution is -0.144. The van der Waals surface area contributed by atoms with Crippen molar-refractivity contribution in [2.45, 2.75) is 75.9 Å². The molecule has 0 radical (unpaired) electrons. The fourth-order valence-electron chi connectivity index (χ4n) is 5.90. The molecule has 4 fully saturated rings. The quantitative estimate of drug-likeness (QED) is 0.429. The number of fused-ring (bicyclic) bond motifs is 1. The van der Waals surface area contributed by atoms with Gasteiger partial charge in [0.05, 0.1) is 0 Å². The summed E-state index contributed by atoms with van der Waals surface area (Å²) >= 11 is 0. The Hall–Kier alpha value is -2.29. The van der Waals surface area contributed by atoms with Crippen LogP contribution in [0.1, 0.15) is 64.2 Å². The second kappa shape index (κ2) is 7.93. The summed E-state index contributed by atoms with van der Waals surface area (Å²) in [5, 5.41) is 11.7. The number of hydrogen-bond acceptors (Lipinski definition) is 5. The Morgan fingerprint density at radius 1 is 1.25 bits per heavy atom. The Labute approximate surface area is 186 Å². The molecule has 3 N–H and O–H groups in total. The molecule has 9 heteroatoms. The number of rotatable bonds is 6. The number of allylic oxidation sites excluding steroid dienone is 1. The standard InChI is InChI=1S/C23H31FN4O4/c24-23-11-16(23)5-8-25-21(23)26-19(30)17-12-22(6-7-22)13-28(17)20(31)15(10-18(29)27-32)9-14-3-1-2-4-14/h5,8,14-17,32H,1-4,6-7,9-13H2,(H,27,29)(H,25,26,30)/t15?,16?,17-,23?/m0/s1. The zero-order valence-electron chi connectivity index (χ0n) is 18.2. The zero-order valence-corrected chi connectivity index (χ0v) is 18.2. The van der Waals surface area contributed by atoms with Gasteiger partial charge < -0.3 is 10.2 Å². The first-order chi connectivity index (χ1) is 15.3. The molecule has 5 aliphatic rings. The number of nitrogens with one attached hydrogen (secondary N) is 2. The summed E-state index contributed by atoms with van der Waals surface area (Å²) in [6, 6.07) is -0.692. The highest BCUT2D eigenvalue weighted by Gasteiger charge is 2.61. The van der Waals surface area contributed by atoms with Gasteiger partial charge in [-0.15, -0.1) is 0 Å². The van der Waals surface area contributed by atoms with E-state index in [1.54, 1.807) is 16.5 Å². The molecule has 3 saturated carbocycles. The van der Waals surface area contributed by atoms with Gasteiger partial charge in [-0.25, -0.2) is 14.9 Å². The molecular weight excluding hydrogens is 415 g/mol. The molecule has 3 unspecified atom stereocenters. The van der Waals surface area contributed by atoms with Gasteiger partial charge in [0.25, 0.3) is 0 Å². The molecule has 3 amide bonds. The van der Waals surface area contributed by atoms with Crippen molar-refractivity contribution in [1.82, 2.24) is 15.7 Å². The van der Waals surface area contributed by atoms with E-state index in [4.69, 9.17) is 5.21 Å². The predicted octanol–water partition coefficient (Wildman–Crippen LogP) is 2.23. The van der Waals surface area contributed by atoms with Crippen molar-refractivity contribution in [3.8, 4) is 0 Å². The first-order valence-corrected chi connectivity index (χ1v) is 11.8. The van der Waals surface area contributed by atoms with Gasteiger partial charge in [-0.3, -0.25) is 19.6 Å². The lowest BCUT2D eigenvalue weighted by atomic mass is 9.89. The fraction of sp³-hybridized carbons (Fsp3) is 0.739. The van der Waals surface area contributed by atoms with Crippen LogP contribution < -0.4 is 10.8 Å². The van der Waals surface area contributed by atoms with E-state index in [9.17, 15) is 18.8 Å². The molecular formula is C23H31FN4O4. The van der Waals surface area contributed by atoms with E-state index in [1.807, 2.05) is 0 Å². The second-order valence-electron chi connectivity index (χ2n) is 10.5. The van der Waals surface area contributed by atoms with Gasteiger partial charge in [0, 0.05) is 31.0 Å². The Kier molecular flexibility index (Phi) is 5.34. The predicted molar refractivity (Wildman–Crippen MR) is 113 cm³/mol. The van der Waals surface area contributed by atoms with E-state index in [0.717, 1.165) is 38.5 Å². The molecule has 32 heavy (non-hydrogen) atoms. The highest BCUT2D eigenvalue weighted by atomic mass is 19.1. The van der Waals surface area contributed by atoms with Gasteiger partial charge in [-0.05, 0) is 43.4 Å². The summed E-state index contributed by atoms with van der Waals surface area (Å²) in [5.41, 5.74) is 0.00248. The number of carbonyl (C=O) groups excluding carboxylic acids is 3. The SMILES string of the molecule is O=C(CC(CC1CCCC1)C(=O)N1CC2(CC2)C[C@H]1C(=O)NC1=NC=CC2CC12F)NO. The molecule has 4 atom stereocenters. The highest BCUT2D eigenvalue weighted by Crippen LogP contribution is 2.55. The number of hydroxylamine groups is 1. The van der Waals surface area contributed by atoms with Crippen LogP contribution in [0.3, 0.4) is 0 Å². The number of hydrogen-bond donors (Lipinski definition) is 3. The summed E-state index contributed by atoms with van der Waals surface area (Å²) in [7, 11) is 0. The molecule has 2 aliphatic heterocycles. The molecule has 0 aromatic heterocycles. The van der Waals surface area contributed by atoms with Crippen LogP contribution in [0.2, 0.25) is 0 Å². The smallest absolute Gasteiger partial charge is 0.248 e. The van der Waals surface area contributed by atoms with Crippen molar-refractivity contribution >= 4 is 23.6 Å². The number of aliphatic imine (C=N–C) groups is 1. The first-order valence-electron chi connectivity index (χ1n) is 11.8. The summed E-state index contributed by atoms with van der Waals surface area (Å²) in [5.74, 6) is -1.60. The lowest BCUT2D eigenvalue weighted by Crippen LogP contribution is -2.51. The average Bonchev–Trinajstić information content (AvgIpc) is 3.54. The molecule has 5 rings (SSSR count). The van der Waals surface area contributed by atoms with Crippen molar-refractivity contribution in [1.29, 1.82) is 0 Å². The van der Waals surface area contributed by atoms with E-state index in [0.29, 0.717) is 31.7 Å². The summed E-state index contributed by atoms with van der Waals surface area (Å²) in [4.78, 5) is 44.4. The Morgan fingerprint density at radius 2 is 2.00 bits per heavy atom. The van der Waals surface area contributed by atoms with Crippen LogP contribution in [0.4, 0.5) is 4.39 Å². The minimum atomic E-state index is -1.60. The molecule has 8 nitrogen and oxygen atoms in total. The summed E-state index contributed by atoms with van der Waals surface area (Å²) in [6.45, 7) is 0.488. The van der Waals surface area contributed by atoms with E-state index in [1.165, 1.54) is 6.20 Å². The Balaban J connectivity index is 1.32. The number of carbonyl (C=O) groups is 3. The summed E-state index contributed by atoms with van der Waals surface area (Å²) < 4.78 is 14.9. The van der Waals surface area contributed by atoms with E-state index >= 15 is 0 Å². The first kappa shape index (κ1) is 21.6. The molecule has 2 heterocycles. The van der Waals surface area contributed by atoms with Crippen molar-refractivity contribution in [3.63, 3.8) is 0 Å². The minimum absolute atomic E-state index is 0.0429. The van der Waals surface area contributed by atoms with Gasteiger partial charge in [0.2, 0.25) is 17.7 Å². The van der Waals surface area contributed by atoms with E-state index < -0.39 is 29.4 Å². The molecule has 0 aromatic carbocycles. The molecule has 0 aromatic rings. The van der Waals surface area contributed by atoms with Crippen molar-refractivity contribution < 1.29 is 24.0 Å². The van der Waals surface area contributed by atoms with Gasteiger partial charge in [-0.2, -0.15) is 0 Å². The topological polar surface area (TPSA) is 111 Å². The average molecular weight is 447 g/mol. The molecule has 0 bridgehead atoms. The van der Waals surface area contributed by atoms with Crippen LogP contribution in [0, 0.1) is 23.2 Å². The third-order valence-corrected chi connectivity index (χ3v) is 8.15. The van der Waals surface area contributed by atoms with Gasteiger partial charge in [0.1, 0.15) is 11.9 Å². The van der Waals surface area contributed by atoms with E-state index in [2.05, 4.69) is 10.3 Å². The number of amides is 3. The van der Waals surface area contributed by atoms with Crippen LogP contribution in [-0.4, -0.2) is 51.9 Å². The number of alkyl halides is 1.